The van der Waals surface area contributed by atoms with E-state index in [1.165, 1.54) is 12.1 Å². The van der Waals surface area contributed by atoms with E-state index in [1.54, 1.807) is 26.0 Å². The van der Waals surface area contributed by atoms with Crippen LogP contribution in [-0.4, -0.2) is 10.8 Å². The van der Waals surface area contributed by atoms with Crippen LogP contribution in [0.2, 0.25) is 0 Å². The van der Waals surface area contributed by atoms with Crippen LogP contribution in [0.3, 0.4) is 0 Å². The van der Waals surface area contributed by atoms with Gasteiger partial charge in [0, 0.05) is 23.2 Å². The number of amides is 1. The molecule has 0 aliphatic rings. The molecule has 0 atom stereocenters. The zero-order chi connectivity index (χ0) is 16.6. The first-order chi connectivity index (χ1) is 11.0. The van der Waals surface area contributed by atoms with Gasteiger partial charge in [0.1, 0.15) is 5.58 Å². The second-order valence-corrected chi connectivity index (χ2v) is 5.31. The fourth-order valence-electron chi connectivity index (χ4n) is 2.51. The largest absolute Gasteiger partial charge is 0.451 e. The van der Waals surface area contributed by atoms with Gasteiger partial charge in [-0.2, -0.15) is 0 Å². The van der Waals surface area contributed by atoms with E-state index in [2.05, 4.69) is 5.32 Å². The molecular formula is C17H14N2O4. The normalized spacial score (nSPS) is 10.7. The number of carbonyl (C=O) groups is 1. The molecule has 0 spiro atoms. The zero-order valence-corrected chi connectivity index (χ0v) is 12.6. The van der Waals surface area contributed by atoms with Crippen LogP contribution in [0.5, 0.6) is 0 Å². The molecule has 6 nitrogen and oxygen atoms in total. The van der Waals surface area contributed by atoms with Crippen molar-refractivity contribution in [2.24, 2.45) is 0 Å². The number of nitro groups is 1. The summed E-state index contributed by atoms with van der Waals surface area (Å²) in [6, 6.07) is 11.9. The van der Waals surface area contributed by atoms with Gasteiger partial charge < -0.3 is 9.73 Å². The van der Waals surface area contributed by atoms with Gasteiger partial charge in [-0.05, 0) is 37.1 Å². The summed E-state index contributed by atoms with van der Waals surface area (Å²) >= 11 is 0. The van der Waals surface area contributed by atoms with Gasteiger partial charge in [-0.25, -0.2) is 0 Å². The maximum absolute atomic E-state index is 12.4. The van der Waals surface area contributed by atoms with Crippen molar-refractivity contribution >= 4 is 28.3 Å². The molecule has 1 amide bonds. The molecule has 3 aromatic rings. The molecule has 0 bridgehead atoms. The maximum Gasteiger partial charge on any atom is 0.291 e. The van der Waals surface area contributed by atoms with Gasteiger partial charge in [0.15, 0.2) is 5.76 Å². The molecule has 1 aromatic heterocycles. The highest BCUT2D eigenvalue weighted by Gasteiger charge is 2.17. The molecule has 0 radical (unpaired) electrons. The summed E-state index contributed by atoms with van der Waals surface area (Å²) in [5.74, 6) is -0.190. The second-order valence-electron chi connectivity index (χ2n) is 5.31. The SMILES string of the molecule is Cc1cc([N+](=O)[O-])cc(C)c1NC(=O)c1cc2ccccc2o1. The van der Waals surface area contributed by atoms with E-state index in [-0.39, 0.29) is 17.4 Å². The predicted octanol–water partition coefficient (Wildman–Crippen LogP) is 4.21. The Morgan fingerprint density at radius 3 is 2.39 bits per heavy atom. The van der Waals surface area contributed by atoms with Crippen molar-refractivity contribution in [3.05, 3.63) is 69.5 Å². The van der Waals surface area contributed by atoms with Gasteiger partial charge in [-0.3, -0.25) is 14.9 Å². The number of nitro benzene ring substituents is 1. The van der Waals surface area contributed by atoms with Crippen molar-refractivity contribution in [3.63, 3.8) is 0 Å². The Hall–Kier alpha value is -3.15. The zero-order valence-electron chi connectivity index (χ0n) is 12.6. The highest BCUT2D eigenvalue weighted by molar-refractivity contribution is 6.05. The fraction of sp³-hybridized carbons (Fsp3) is 0.118. The first-order valence-corrected chi connectivity index (χ1v) is 7.01. The van der Waals surface area contributed by atoms with E-state index >= 15 is 0 Å². The quantitative estimate of drug-likeness (QED) is 0.580. The standard InChI is InChI=1S/C17H14N2O4/c1-10-7-13(19(21)22)8-11(2)16(10)18-17(20)15-9-12-5-3-4-6-14(12)23-15/h3-9H,1-2H3,(H,18,20). The first kappa shape index (κ1) is 14.8. The molecule has 1 heterocycles. The van der Waals surface area contributed by atoms with Crippen molar-refractivity contribution < 1.29 is 14.1 Å². The third kappa shape index (κ3) is 2.78. The average Bonchev–Trinajstić information content (AvgIpc) is 2.94. The number of non-ortho nitro benzene ring substituents is 1. The van der Waals surface area contributed by atoms with Crippen LogP contribution in [0, 0.1) is 24.0 Å². The lowest BCUT2D eigenvalue weighted by atomic mass is 10.1. The van der Waals surface area contributed by atoms with Crippen LogP contribution in [0.1, 0.15) is 21.7 Å². The Kier molecular flexibility index (Phi) is 3.57. The summed E-state index contributed by atoms with van der Waals surface area (Å²) in [5.41, 5.74) is 2.44. The minimum atomic E-state index is -0.454. The van der Waals surface area contributed by atoms with Crippen LogP contribution in [-0.2, 0) is 0 Å². The van der Waals surface area contributed by atoms with E-state index in [1.807, 2.05) is 18.2 Å². The monoisotopic (exact) mass is 310 g/mol. The van der Waals surface area contributed by atoms with Crippen molar-refractivity contribution in [2.75, 3.05) is 5.32 Å². The Morgan fingerprint density at radius 1 is 1.13 bits per heavy atom. The van der Waals surface area contributed by atoms with Crippen molar-refractivity contribution in [1.82, 2.24) is 0 Å². The van der Waals surface area contributed by atoms with Gasteiger partial charge in [0.25, 0.3) is 11.6 Å². The number of fused-ring (bicyclic) bond motifs is 1. The van der Waals surface area contributed by atoms with Gasteiger partial charge in [-0.15, -0.1) is 0 Å². The Morgan fingerprint density at radius 2 is 1.78 bits per heavy atom. The van der Waals surface area contributed by atoms with E-state index < -0.39 is 4.92 Å². The van der Waals surface area contributed by atoms with Gasteiger partial charge in [0.05, 0.1) is 4.92 Å². The lowest BCUT2D eigenvalue weighted by molar-refractivity contribution is -0.384. The number of furan rings is 1. The second kappa shape index (κ2) is 5.57. The minimum Gasteiger partial charge on any atom is -0.451 e. The molecular weight excluding hydrogens is 296 g/mol. The number of hydrogen-bond donors (Lipinski definition) is 1. The van der Waals surface area contributed by atoms with Crippen LogP contribution in [0.4, 0.5) is 11.4 Å². The van der Waals surface area contributed by atoms with Crippen LogP contribution in [0.15, 0.2) is 46.9 Å². The van der Waals surface area contributed by atoms with Gasteiger partial charge >= 0.3 is 0 Å². The number of aryl methyl sites for hydroxylation is 2. The van der Waals surface area contributed by atoms with E-state index in [0.717, 1.165) is 5.39 Å². The summed E-state index contributed by atoms with van der Waals surface area (Å²) in [7, 11) is 0. The fourth-order valence-corrected chi connectivity index (χ4v) is 2.51. The molecule has 2 aromatic carbocycles. The Bertz CT molecular complexity index is 871. The van der Waals surface area contributed by atoms with Crippen molar-refractivity contribution in [2.45, 2.75) is 13.8 Å². The average molecular weight is 310 g/mol. The van der Waals surface area contributed by atoms with Crippen LogP contribution in [0.25, 0.3) is 11.0 Å². The van der Waals surface area contributed by atoms with Gasteiger partial charge in [0.2, 0.25) is 0 Å². The third-order valence-electron chi connectivity index (χ3n) is 3.62. The number of nitrogens with zero attached hydrogens (tertiary/aromatic N) is 1. The molecule has 23 heavy (non-hydrogen) atoms. The topological polar surface area (TPSA) is 85.4 Å². The van der Waals surface area contributed by atoms with Crippen LogP contribution < -0.4 is 5.32 Å². The van der Waals surface area contributed by atoms with E-state index in [0.29, 0.717) is 22.4 Å². The van der Waals surface area contributed by atoms with E-state index in [4.69, 9.17) is 4.42 Å². The maximum atomic E-state index is 12.4. The molecule has 0 saturated heterocycles. The number of anilines is 1. The van der Waals surface area contributed by atoms with Crippen LogP contribution >= 0.6 is 0 Å². The lowest BCUT2D eigenvalue weighted by Crippen LogP contribution is -2.13. The third-order valence-corrected chi connectivity index (χ3v) is 3.62. The molecule has 0 unspecified atom stereocenters. The Labute approximate surface area is 131 Å². The highest BCUT2D eigenvalue weighted by Crippen LogP contribution is 2.27. The molecule has 1 N–H and O–H groups in total. The minimum absolute atomic E-state index is 0.00161. The number of nitrogens with one attached hydrogen (secondary N) is 1. The van der Waals surface area contributed by atoms with Crippen molar-refractivity contribution in [3.8, 4) is 0 Å². The predicted molar refractivity (Wildman–Crippen MR) is 86.7 cm³/mol. The highest BCUT2D eigenvalue weighted by atomic mass is 16.6. The molecule has 0 saturated carbocycles. The summed E-state index contributed by atoms with van der Waals surface area (Å²) in [5, 5.41) is 14.5. The summed E-state index contributed by atoms with van der Waals surface area (Å²) in [4.78, 5) is 22.8. The lowest BCUT2D eigenvalue weighted by Gasteiger charge is -2.10. The number of carbonyl (C=O) groups excluding carboxylic acids is 1. The molecule has 0 aliphatic heterocycles. The number of para-hydroxylation sites is 1. The number of hydrogen-bond acceptors (Lipinski definition) is 4. The summed E-state index contributed by atoms with van der Waals surface area (Å²) in [6.07, 6.45) is 0. The first-order valence-electron chi connectivity index (χ1n) is 7.01. The molecule has 0 fully saturated rings. The van der Waals surface area contributed by atoms with E-state index in [9.17, 15) is 14.9 Å². The smallest absolute Gasteiger partial charge is 0.291 e. The number of rotatable bonds is 3. The number of benzene rings is 2. The van der Waals surface area contributed by atoms with Crippen molar-refractivity contribution in [1.29, 1.82) is 0 Å². The Balaban J connectivity index is 1.92. The molecule has 0 aliphatic carbocycles. The van der Waals surface area contributed by atoms with Gasteiger partial charge in [-0.1, -0.05) is 18.2 Å². The molecule has 116 valence electrons. The molecule has 3 rings (SSSR count). The molecule has 6 heteroatoms. The summed E-state index contributed by atoms with van der Waals surface area (Å²) in [6.45, 7) is 3.43. The summed E-state index contributed by atoms with van der Waals surface area (Å²) < 4.78 is 5.52.